The van der Waals surface area contributed by atoms with E-state index in [-0.39, 0.29) is 0 Å². The van der Waals surface area contributed by atoms with Gasteiger partial charge >= 0.3 is 10.5 Å². The van der Waals surface area contributed by atoms with Crippen molar-refractivity contribution in [3.63, 3.8) is 0 Å². The Labute approximate surface area is 61.9 Å². The van der Waals surface area contributed by atoms with Crippen LogP contribution in [0.2, 0.25) is 0 Å². The normalized spacial score (nSPS) is 10.6. The number of carbonyl (C=O) groups is 1. The molecule has 0 amide bonds. The van der Waals surface area contributed by atoms with Gasteiger partial charge in [0.25, 0.3) is 6.29 Å². The van der Waals surface area contributed by atoms with Crippen molar-refractivity contribution in [1.29, 1.82) is 0 Å². The molecular weight excluding hydrogens is 167 g/mol. The largest absolute Gasteiger partial charge is 0.421 e. The highest BCUT2D eigenvalue weighted by molar-refractivity contribution is 6.54. The third kappa shape index (κ3) is 4.24. The molecule has 0 heterocycles. The molecule has 0 fully saturated rings. The Bertz CT molecular complexity index is 132. The average molecular weight is 170 g/mol. The summed E-state index contributed by atoms with van der Waals surface area (Å²) in [7, 11) is 0. The fourth-order valence-electron chi connectivity index (χ4n) is 0.201. The second kappa shape index (κ2) is 3.03. The molecule has 3 nitrogen and oxygen atoms in total. The monoisotopic (exact) mass is 169 g/mol. The molecular formula is C4H3Cl2O3. The van der Waals surface area contributed by atoms with Crippen LogP contribution >= 0.6 is 23.2 Å². The van der Waals surface area contributed by atoms with Crippen LogP contribution in [0.15, 0.2) is 0 Å². The van der Waals surface area contributed by atoms with E-state index in [4.69, 9.17) is 23.2 Å². The van der Waals surface area contributed by atoms with Crippen LogP contribution in [0.3, 0.4) is 0 Å². The molecule has 0 bridgehead atoms. The van der Waals surface area contributed by atoms with Crippen molar-refractivity contribution in [2.24, 2.45) is 0 Å². The third-order valence-electron chi connectivity index (χ3n) is 0.391. The Morgan fingerprint density at radius 3 is 2.22 bits per heavy atom. The van der Waals surface area contributed by atoms with E-state index in [1.807, 2.05) is 0 Å². The first-order valence-electron chi connectivity index (χ1n) is 1.94. The molecule has 51 valence electrons. The van der Waals surface area contributed by atoms with Gasteiger partial charge in [0, 0.05) is 6.92 Å². The summed E-state index contributed by atoms with van der Waals surface area (Å²) >= 11 is 10.0. The van der Waals surface area contributed by atoms with Crippen LogP contribution in [0.5, 0.6) is 0 Å². The van der Waals surface area contributed by atoms with Gasteiger partial charge in [-0.15, -0.1) is 0 Å². The molecule has 0 aliphatic carbocycles. The number of esters is 1. The average Bonchev–Trinajstić information content (AvgIpc) is 1.63. The van der Waals surface area contributed by atoms with Gasteiger partial charge in [0.1, 0.15) is 0 Å². The minimum absolute atomic E-state index is 0.733. The minimum atomic E-state index is -2.15. The number of carbonyl (C=O) groups excluding carboxylic acids is 2. The van der Waals surface area contributed by atoms with Crippen molar-refractivity contribution >= 4 is 35.5 Å². The molecule has 0 saturated heterocycles. The number of hydrogen-bond acceptors (Lipinski definition) is 3. The zero-order valence-electron chi connectivity index (χ0n) is 4.48. The Hall–Kier alpha value is -0.280. The lowest BCUT2D eigenvalue weighted by molar-refractivity contribution is -0.142. The molecule has 0 atom stereocenters. The van der Waals surface area contributed by atoms with Crippen molar-refractivity contribution in [2.75, 3.05) is 0 Å². The molecule has 5 heteroatoms. The fraction of sp³-hybridized carbons (Fsp3) is 0.500. The van der Waals surface area contributed by atoms with Gasteiger partial charge in [0.05, 0.1) is 0 Å². The Morgan fingerprint density at radius 1 is 1.67 bits per heavy atom. The Morgan fingerprint density at radius 2 is 2.11 bits per heavy atom. The van der Waals surface area contributed by atoms with E-state index in [9.17, 15) is 9.59 Å². The smallest absolute Gasteiger partial charge is 0.328 e. The van der Waals surface area contributed by atoms with E-state index in [1.54, 1.807) is 0 Å². The summed E-state index contributed by atoms with van der Waals surface area (Å²) in [6.45, 7) is 1.08. The van der Waals surface area contributed by atoms with Crippen LogP contribution in [-0.4, -0.2) is 16.8 Å². The van der Waals surface area contributed by atoms with Gasteiger partial charge < -0.3 is 4.74 Å². The summed E-state index contributed by atoms with van der Waals surface area (Å²) < 4.78 is 1.91. The van der Waals surface area contributed by atoms with Crippen LogP contribution in [0.4, 0.5) is 0 Å². The quantitative estimate of drug-likeness (QED) is 0.454. The van der Waals surface area contributed by atoms with E-state index >= 15 is 0 Å². The van der Waals surface area contributed by atoms with Gasteiger partial charge in [-0.05, 0) is 23.2 Å². The number of alkyl halides is 2. The molecule has 0 aromatic heterocycles. The zero-order chi connectivity index (χ0) is 7.49. The van der Waals surface area contributed by atoms with Gasteiger partial charge in [-0.1, -0.05) is 0 Å². The SMILES string of the molecule is CC(=O)OC(Cl)(Cl)[C]=O. The number of rotatable bonds is 2. The molecule has 0 saturated carbocycles. The van der Waals surface area contributed by atoms with Gasteiger partial charge in [0.15, 0.2) is 0 Å². The van der Waals surface area contributed by atoms with E-state index in [0.29, 0.717) is 0 Å². The van der Waals surface area contributed by atoms with Crippen LogP contribution in [0.1, 0.15) is 6.92 Å². The molecule has 9 heavy (non-hydrogen) atoms. The lowest BCUT2D eigenvalue weighted by atomic mass is 10.7. The van der Waals surface area contributed by atoms with Gasteiger partial charge in [0.2, 0.25) is 0 Å². The first kappa shape index (κ1) is 8.72. The van der Waals surface area contributed by atoms with E-state index < -0.39 is 10.5 Å². The first-order valence-corrected chi connectivity index (χ1v) is 2.70. The summed E-state index contributed by atoms with van der Waals surface area (Å²) in [5, 5.41) is 0. The zero-order valence-corrected chi connectivity index (χ0v) is 5.99. The van der Waals surface area contributed by atoms with E-state index in [1.165, 1.54) is 0 Å². The summed E-state index contributed by atoms with van der Waals surface area (Å²) in [6, 6.07) is 0. The molecule has 0 rings (SSSR count). The minimum Gasteiger partial charge on any atom is -0.421 e. The van der Waals surface area contributed by atoms with Crippen LogP contribution < -0.4 is 0 Å². The first-order chi connectivity index (χ1) is 3.98. The highest BCUT2D eigenvalue weighted by Crippen LogP contribution is 2.18. The standard InChI is InChI=1S/C4H3Cl2O3/c1-3(8)9-4(5,6)2-7/h1H3. The van der Waals surface area contributed by atoms with Crippen molar-refractivity contribution in [2.45, 2.75) is 11.4 Å². The highest BCUT2D eigenvalue weighted by Gasteiger charge is 2.27. The lowest BCUT2D eigenvalue weighted by Gasteiger charge is -2.08. The maximum absolute atomic E-state index is 10.0. The summed E-state index contributed by atoms with van der Waals surface area (Å²) in [5.41, 5.74) is 0. The number of halogens is 2. The maximum atomic E-state index is 10.0. The van der Waals surface area contributed by atoms with Gasteiger partial charge in [-0.2, -0.15) is 0 Å². The predicted molar refractivity (Wildman–Crippen MR) is 31.9 cm³/mol. The molecule has 0 aliphatic rings. The van der Waals surface area contributed by atoms with Crippen molar-refractivity contribution in [3.05, 3.63) is 0 Å². The molecule has 0 N–H and O–H groups in total. The summed E-state index contributed by atoms with van der Waals surface area (Å²) in [5.74, 6) is -0.733. The van der Waals surface area contributed by atoms with Crippen molar-refractivity contribution in [3.8, 4) is 0 Å². The van der Waals surface area contributed by atoms with E-state index in [2.05, 4.69) is 4.74 Å². The molecule has 0 aromatic carbocycles. The topological polar surface area (TPSA) is 43.4 Å². The van der Waals surface area contributed by atoms with Gasteiger partial charge in [-0.3, -0.25) is 9.59 Å². The van der Waals surface area contributed by atoms with Crippen molar-refractivity contribution < 1.29 is 14.3 Å². The Kier molecular flexibility index (Phi) is 2.94. The molecule has 0 spiro atoms. The van der Waals surface area contributed by atoms with Crippen LogP contribution in [-0.2, 0) is 14.3 Å². The highest BCUT2D eigenvalue weighted by atomic mass is 35.5. The second-order valence-corrected chi connectivity index (χ2v) is 2.47. The van der Waals surface area contributed by atoms with Crippen LogP contribution in [0.25, 0.3) is 0 Å². The molecule has 0 aromatic rings. The second-order valence-electron chi connectivity index (χ2n) is 1.21. The molecule has 0 aliphatic heterocycles. The molecule has 0 unspecified atom stereocenters. The van der Waals surface area contributed by atoms with Gasteiger partial charge in [-0.25, -0.2) is 0 Å². The van der Waals surface area contributed by atoms with Crippen LogP contribution in [0, 0.1) is 0 Å². The van der Waals surface area contributed by atoms with Crippen molar-refractivity contribution in [1.82, 2.24) is 0 Å². The third-order valence-corrected chi connectivity index (χ3v) is 0.699. The number of hydrogen-bond donors (Lipinski definition) is 0. The lowest BCUT2D eigenvalue weighted by Crippen LogP contribution is -2.21. The molecule has 1 radical (unpaired) electrons. The van der Waals surface area contributed by atoms with E-state index in [0.717, 1.165) is 13.2 Å². The number of ether oxygens (including phenoxy) is 1. The maximum Gasteiger partial charge on any atom is 0.328 e. The summed E-state index contributed by atoms with van der Waals surface area (Å²) in [4.78, 5) is 19.7. The fourth-order valence-corrected chi connectivity index (χ4v) is 0.419. The Balaban J connectivity index is 3.86. The predicted octanol–water partition coefficient (Wildman–Crippen LogP) is 0.791. The summed E-state index contributed by atoms with van der Waals surface area (Å²) in [6.07, 6.45) is 1.11.